The maximum atomic E-state index is 3.42. The van der Waals surface area contributed by atoms with Crippen LogP contribution in [0.1, 0.15) is 52.4 Å². The minimum absolute atomic E-state index is 0.683. The smallest absolute Gasteiger partial charge is 0.0189 e. The molecule has 0 radical (unpaired) electrons. The second kappa shape index (κ2) is 7.24. The van der Waals surface area contributed by atoms with E-state index in [0.717, 1.165) is 6.04 Å². The molecule has 15 heavy (non-hydrogen) atoms. The molecule has 0 aliphatic carbocycles. The molecule has 1 fully saturated rings. The van der Waals surface area contributed by atoms with Crippen molar-refractivity contribution in [3.8, 4) is 0 Å². The molecule has 0 aromatic carbocycles. The summed E-state index contributed by atoms with van der Waals surface area (Å²) in [5.41, 5.74) is 0. The molecular weight excluding hydrogens is 184 g/mol. The van der Waals surface area contributed by atoms with E-state index >= 15 is 0 Å². The van der Waals surface area contributed by atoms with Gasteiger partial charge in [-0.05, 0) is 39.3 Å². The first kappa shape index (κ1) is 13.0. The Hall–Kier alpha value is -0.0800. The Morgan fingerprint density at radius 3 is 2.73 bits per heavy atom. The maximum absolute atomic E-state index is 3.42. The number of hydrogen-bond donors (Lipinski definition) is 1. The first-order chi connectivity index (χ1) is 7.31. The zero-order valence-electron chi connectivity index (χ0n) is 10.8. The van der Waals surface area contributed by atoms with Crippen LogP contribution in [0, 0.1) is 0 Å². The van der Waals surface area contributed by atoms with Crippen LogP contribution in [0.15, 0.2) is 0 Å². The molecule has 0 bridgehead atoms. The van der Waals surface area contributed by atoms with E-state index in [1.165, 1.54) is 51.6 Å². The standard InChI is InChI=1S/C13H28N2/c1-4-8-13-9-6-7-10-15(13)11-12(5-2)14-3/h12-14H,4-11H2,1-3H3. The number of nitrogens with zero attached hydrogens (tertiary/aromatic N) is 1. The lowest BCUT2D eigenvalue weighted by Gasteiger charge is -2.37. The summed E-state index contributed by atoms with van der Waals surface area (Å²) in [4.78, 5) is 2.72. The fourth-order valence-electron chi connectivity index (χ4n) is 2.67. The second-order valence-electron chi connectivity index (χ2n) is 4.83. The minimum atomic E-state index is 0.683. The summed E-state index contributed by atoms with van der Waals surface area (Å²) in [6.45, 7) is 7.16. The zero-order chi connectivity index (χ0) is 11.1. The fourth-order valence-corrected chi connectivity index (χ4v) is 2.67. The Bertz CT molecular complexity index is 153. The molecule has 2 atom stereocenters. The Morgan fingerprint density at radius 1 is 1.33 bits per heavy atom. The molecule has 90 valence electrons. The maximum Gasteiger partial charge on any atom is 0.0189 e. The lowest BCUT2D eigenvalue weighted by Crippen LogP contribution is -2.46. The van der Waals surface area contributed by atoms with Crippen molar-refractivity contribution in [3.63, 3.8) is 0 Å². The Labute approximate surface area is 95.4 Å². The number of piperidine rings is 1. The van der Waals surface area contributed by atoms with E-state index in [4.69, 9.17) is 0 Å². The van der Waals surface area contributed by atoms with Crippen LogP contribution < -0.4 is 5.32 Å². The van der Waals surface area contributed by atoms with Gasteiger partial charge in [-0.2, -0.15) is 0 Å². The van der Waals surface area contributed by atoms with Gasteiger partial charge in [0, 0.05) is 18.6 Å². The monoisotopic (exact) mass is 212 g/mol. The number of rotatable bonds is 6. The molecule has 2 unspecified atom stereocenters. The first-order valence-electron chi connectivity index (χ1n) is 6.73. The van der Waals surface area contributed by atoms with Gasteiger partial charge in [-0.15, -0.1) is 0 Å². The molecule has 1 aliphatic rings. The number of likely N-dealkylation sites (tertiary alicyclic amines) is 1. The summed E-state index contributed by atoms with van der Waals surface area (Å²) in [6.07, 6.45) is 8.23. The Morgan fingerprint density at radius 2 is 2.13 bits per heavy atom. The van der Waals surface area contributed by atoms with Crippen molar-refractivity contribution in [1.82, 2.24) is 10.2 Å². The van der Waals surface area contributed by atoms with Crippen LogP contribution in [-0.4, -0.2) is 37.1 Å². The average Bonchev–Trinajstić information content (AvgIpc) is 2.28. The molecule has 0 spiro atoms. The summed E-state index contributed by atoms with van der Waals surface area (Å²) in [5, 5.41) is 3.42. The van der Waals surface area contributed by atoms with Crippen molar-refractivity contribution in [3.05, 3.63) is 0 Å². The van der Waals surface area contributed by atoms with Crippen LogP contribution in [0.25, 0.3) is 0 Å². The number of hydrogen-bond acceptors (Lipinski definition) is 2. The van der Waals surface area contributed by atoms with Crippen molar-refractivity contribution < 1.29 is 0 Å². The number of likely N-dealkylation sites (N-methyl/N-ethyl adjacent to an activating group) is 1. The Balaban J connectivity index is 2.40. The van der Waals surface area contributed by atoms with E-state index in [9.17, 15) is 0 Å². The van der Waals surface area contributed by atoms with Crippen LogP contribution in [-0.2, 0) is 0 Å². The first-order valence-corrected chi connectivity index (χ1v) is 6.73. The summed E-state index contributed by atoms with van der Waals surface area (Å²) in [7, 11) is 2.09. The largest absolute Gasteiger partial charge is 0.316 e. The Kier molecular flexibility index (Phi) is 6.26. The second-order valence-corrected chi connectivity index (χ2v) is 4.83. The highest BCUT2D eigenvalue weighted by Crippen LogP contribution is 2.21. The lowest BCUT2D eigenvalue weighted by molar-refractivity contribution is 0.125. The van der Waals surface area contributed by atoms with Crippen molar-refractivity contribution >= 4 is 0 Å². The van der Waals surface area contributed by atoms with E-state index in [2.05, 4.69) is 31.1 Å². The predicted octanol–water partition coefficient (Wildman–Crippen LogP) is 2.64. The van der Waals surface area contributed by atoms with E-state index in [0.29, 0.717) is 6.04 Å². The van der Waals surface area contributed by atoms with Crippen LogP contribution in [0.5, 0.6) is 0 Å². The molecule has 0 aromatic heterocycles. The summed E-state index contributed by atoms with van der Waals surface area (Å²) < 4.78 is 0. The molecule has 2 heteroatoms. The molecule has 0 saturated carbocycles. The summed E-state index contributed by atoms with van der Waals surface area (Å²) >= 11 is 0. The van der Waals surface area contributed by atoms with Gasteiger partial charge in [0.2, 0.25) is 0 Å². The van der Waals surface area contributed by atoms with Crippen molar-refractivity contribution in [1.29, 1.82) is 0 Å². The lowest BCUT2D eigenvalue weighted by atomic mass is 9.97. The molecule has 2 nitrogen and oxygen atoms in total. The highest BCUT2D eigenvalue weighted by atomic mass is 15.2. The third kappa shape index (κ3) is 4.12. The van der Waals surface area contributed by atoms with Gasteiger partial charge < -0.3 is 5.32 Å². The quantitative estimate of drug-likeness (QED) is 0.728. The van der Waals surface area contributed by atoms with Gasteiger partial charge in [0.25, 0.3) is 0 Å². The molecular formula is C13H28N2. The minimum Gasteiger partial charge on any atom is -0.316 e. The molecule has 1 rings (SSSR count). The molecule has 0 amide bonds. The van der Waals surface area contributed by atoms with Gasteiger partial charge in [-0.3, -0.25) is 4.90 Å². The normalized spacial score (nSPS) is 25.4. The molecule has 0 aromatic rings. The fraction of sp³-hybridized carbons (Fsp3) is 1.00. The summed E-state index contributed by atoms with van der Waals surface area (Å²) in [6, 6.07) is 1.55. The van der Waals surface area contributed by atoms with Gasteiger partial charge >= 0.3 is 0 Å². The van der Waals surface area contributed by atoms with Crippen LogP contribution in [0.4, 0.5) is 0 Å². The van der Waals surface area contributed by atoms with Gasteiger partial charge in [0.05, 0.1) is 0 Å². The van der Waals surface area contributed by atoms with Crippen LogP contribution in [0.2, 0.25) is 0 Å². The van der Waals surface area contributed by atoms with Gasteiger partial charge in [0.15, 0.2) is 0 Å². The van der Waals surface area contributed by atoms with E-state index in [1.54, 1.807) is 0 Å². The van der Waals surface area contributed by atoms with Crippen LogP contribution in [0.3, 0.4) is 0 Å². The third-order valence-corrected chi connectivity index (χ3v) is 3.73. The topological polar surface area (TPSA) is 15.3 Å². The molecule has 1 saturated heterocycles. The van der Waals surface area contributed by atoms with Gasteiger partial charge in [-0.25, -0.2) is 0 Å². The zero-order valence-corrected chi connectivity index (χ0v) is 10.8. The average molecular weight is 212 g/mol. The molecule has 1 N–H and O–H groups in total. The SMILES string of the molecule is CCCC1CCCCN1CC(CC)NC. The summed E-state index contributed by atoms with van der Waals surface area (Å²) in [5.74, 6) is 0. The van der Waals surface area contributed by atoms with Crippen molar-refractivity contribution in [2.24, 2.45) is 0 Å². The van der Waals surface area contributed by atoms with Crippen LogP contribution >= 0.6 is 0 Å². The van der Waals surface area contributed by atoms with E-state index in [1.807, 2.05) is 0 Å². The predicted molar refractivity (Wildman–Crippen MR) is 67.3 cm³/mol. The van der Waals surface area contributed by atoms with E-state index in [-0.39, 0.29) is 0 Å². The number of nitrogens with one attached hydrogen (secondary N) is 1. The van der Waals surface area contributed by atoms with Gasteiger partial charge in [-0.1, -0.05) is 26.7 Å². The van der Waals surface area contributed by atoms with Crippen molar-refractivity contribution in [2.45, 2.75) is 64.5 Å². The van der Waals surface area contributed by atoms with Crippen molar-refractivity contribution in [2.75, 3.05) is 20.1 Å². The highest BCUT2D eigenvalue weighted by Gasteiger charge is 2.22. The van der Waals surface area contributed by atoms with Gasteiger partial charge in [0.1, 0.15) is 0 Å². The molecule has 1 heterocycles. The molecule has 1 aliphatic heterocycles. The van der Waals surface area contributed by atoms with E-state index < -0.39 is 0 Å². The third-order valence-electron chi connectivity index (χ3n) is 3.73. The highest BCUT2D eigenvalue weighted by molar-refractivity contribution is 4.80.